The molecule has 1 aliphatic rings. The molecule has 0 heterocycles. The Bertz CT molecular complexity index is 406. The monoisotopic (exact) mass is 205 g/mol. The zero-order valence-electron chi connectivity index (χ0n) is 9.00. The minimum absolute atomic E-state index is 0.443. The van der Waals surface area contributed by atoms with E-state index < -0.39 is 11.5 Å². The molecule has 0 spiro atoms. The first kappa shape index (κ1) is 10.2. The van der Waals surface area contributed by atoms with E-state index in [9.17, 15) is 4.79 Å². The molecular formula is C12H15NO2. The van der Waals surface area contributed by atoms with Gasteiger partial charge in [0, 0.05) is 12.8 Å². The van der Waals surface area contributed by atoms with Gasteiger partial charge in [-0.2, -0.15) is 0 Å². The molecule has 0 amide bonds. The first-order valence-electron chi connectivity index (χ1n) is 5.04. The van der Waals surface area contributed by atoms with Gasteiger partial charge in [0.15, 0.2) is 0 Å². The van der Waals surface area contributed by atoms with Crippen molar-refractivity contribution in [2.24, 2.45) is 5.73 Å². The minimum Gasteiger partial charge on any atom is -0.480 e. The molecule has 0 aromatic heterocycles. The molecule has 1 aliphatic carbocycles. The highest BCUT2D eigenvalue weighted by atomic mass is 16.4. The maximum absolute atomic E-state index is 11.0. The highest BCUT2D eigenvalue weighted by molar-refractivity contribution is 5.81. The zero-order chi connectivity index (χ0) is 11.2. The van der Waals surface area contributed by atoms with E-state index in [1.165, 1.54) is 11.1 Å². The number of carboxylic acid groups (broad SMARTS) is 1. The van der Waals surface area contributed by atoms with Gasteiger partial charge in [0.25, 0.3) is 0 Å². The minimum atomic E-state index is -1.09. The summed E-state index contributed by atoms with van der Waals surface area (Å²) < 4.78 is 0. The fourth-order valence-electron chi connectivity index (χ4n) is 2.16. The average molecular weight is 205 g/mol. The number of nitrogens with two attached hydrogens (primary N) is 1. The standard InChI is InChI=1S/C12H15NO2/c1-7-3-9-5-12(13,11(14)15)6-10(9)4-8(7)2/h3-4H,5-6,13H2,1-2H3,(H,14,15). The second-order valence-electron chi connectivity index (χ2n) is 4.52. The Morgan fingerprint density at radius 2 is 1.67 bits per heavy atom. The number of carboxylic acids is 1. The lowest BCUT2D eigenvalue weighted by Crippen LogP contribution is -2.48. The van der Waals surface area contributed by atoms with E-state index in [1.54, 1.807) is 0 Å². The van der Waals surface area contributed by atoms with Crippen molar-refractivity contribution < 1.29 is 9.90 Å². The molecule has 3 nitrogen and oxygen atoms in total. The number of fused-ring (bicyclic) bond motifs is 1. The van der Waals surface area contributed by atoms with E-state index in [4.69, 9.17) is 10.8 Å². The summed E-state index contributed by atoms with van der Waals surface area (Å²) in [6, 6.07) is 4.12. The molecule has 2 rings (SSSR count). The van der Waals surface area contributed by atoms with Crippen LogP contribution in [0.1, 0.15) is 22.3 Å². The summed E-state index contributed by atoms with van der Waals surface area (Å²) in [6.07, 6.45) is 0.886. The van der Waals surface area contributed by atoms with Crippen molar-refractivity contribution in [3.05, 3.63) is 34.4 Å². The fourth-order valence-corrected chi connectivity index (χ4v) is 2.16. The van der Waals surface area contributed by atoms with Crippen molar-refractivity contribution in [1.82, 2.24) is 0 Å². The summed E-state index contributed by atoms with van der Waals surface area (Å²) >= 11 is 0. The van der Waals surface area contributed by atoms with E-state index >= 15 is 0 Å². The highest BCUT2D eigenvalue weighted by Crippen LogP contribution is 2.30. The van der Waals surface area contributed by atoms with Gasteiger partial charge in [-0.3, -0.25) is 4.79 Å². The molecule has 80 valence electrons. The van der Waals surface area contributed by atoms with Crippen molar-refractivity contribution in [3.63, 3.8) is 0 Å². The van der Waals surface area contributed by atoms with Crippen LogP contribution < -0.4 is 5.73 Å². The molecule has 0 unspecified atom stereocenters. The van der Waals surface area contributed by atoms with Gasteiger partial charge in [0.1, 0.15) is 5.54 Å². The molecule has 3 heteroatoms. The van der Waals surface area contributed by atoms with Crippen LogP contribution in [-0.2, 0) is 17.6 Å². The Hall–Kier alpha value is -1.35. The van der Waals surface area contributed by atoms with Crippen LogP contribution in [0.5, 0.6) is 0 Å². The van der Waals surface area contributed by atoms with E-state index in [0.717, 1.165) is 11.1 Å². The molecule has 3 N–H and O–H groups in total. The Labute approximate surface area is 88.9 Å². The van der Waals surface area contributed by atoms with Gasteiger partial charge in [-0.25, -0.2) is 0 Å². The number of hydrogen-bond acceptors (Lipinski definition) is 2. The van der Waals surface area contributed by atoms with E-state index in [-0.39, 0.29) is 0 Å². The summed E-state index contributed by atoms with van der Waals surface area (Å²) in [5.74, 6) is -0.908. The first-order valence-corrected chi connectivity index (χ1v) is 5.04. The Morgan fingerprint density at radius 1 is 1.27 bits per heavy atom. The molecule has 1 aromatic rings. The van der Waals surface area contributed by atoms with Crippen LogP contribution in [-0.4, -0.2) is 16.6 Å². The predicted octanol–water partition coefficient (Wildman–Crippen LogP) is 1.18. The molecule has 0 atom stereocenters. The fraction of sp³-hybridized carbons (Fsp3) is 0.417. The number of carbonyl (C=O) groups is 1. The summed E-state index contributed by atoms with van der Waals surface area (Å²) in [5, 5.41) is 9.06. The SMILES string of the molecule is Cc1cc2c(cc1C)CC(N)(C(=O)O)C2. The van der Waals surface area contributed by atoms with E-state index in [2.05, 4.69) is 12.1 Å². The molecular weight excluding hydrogens is 190 g/mol. The van der Waals surface area contributed by atoms with Gasteiger partial charge >= 0.3 is 5.97 Å². The third-order valence-corrected chi connectivity index (χ3v) is 3.25. The van der Waals surface area contributed by atoms with Crippen LogP contribution in [0.3, 0.4) is 0 Å². The van der Waals surface area contributed by atoms with Gasteiger partial charge in [0.2, 0.25) is 0 Å². The quantitative estimate of drug-likeness (QED) is 0.723. The summed E-state index contributed by atoms with van der Waals surface area (Å²) in [5.41, 5.74) is 9.33. The number of rotatable bonds is 1. The smallest absolute Gasteiger partial charge is 0.324 e. The third kappa shape index (κ3) is 1.53. The van der Waals surface area contributed by atoms with Crippen LogP contribution in [0, 0.1) is 13.8 Å². The van der Waals surface area contributed by atoms with Crippen LogP contribution >= 0.6 is 0 Å². The molecule has 15 heavy (non-hydrogen) atoms. The van der Waals surface area contributed by atoms with Crippen molar-refractivity contribution in [1.29, 1.82) is 0 Å². The highest BCUT2D eigenvalue weighted by Gasteiger charge is 2.40. The summed E-state index contributed by atoms with van der Waals surface area (Å²) in [6.45, 7) is 4.07. The van der Waals surface area contributed by atoms with Gasteiger partial charge in [-0.05, 0) is 36.1 Å². The van der Waals surface area contributed by atoms with Gasteiger partial charge in [0.05, 0.1) is 0 Å². The summed E-state index contributed by atoms with van der Waals surface area (Å²) in [7, 11) is 0. The van der Waals surface area contributed by atoms with Crippen LogP contribution in [0.15, 0.2) is 12.1 Å². The predicted molar refractivity (Wildman–Crippen MR) is 57.9 cm³/mol. The largest absolute Gasteiger partial charge is 0.480 e. The molecule has 0 fully saturated rings. The van der Waals surface area contributed by atoms with Gasteiger partial charge in [-0.1, -0.05) is 12.1 Å². The van der Waals surface area contributed by atoms with E-state index in [1.807, 2.05) is 13.8 Å². The molecule has 0 saturated heterocycles. The second-order valence-corrected chi connectivity index (χ2v) is 4.52. The Morgan fingerprint density at radius 3 is 2.00 bits per heavy atom. The molecule has 0 aliphatic heterocycles. The lowest BCUT2D eigenvalue weighted by Gasteiger charge is -2.16. The normalized spacial score (nSPS) is 17.5. The number of benzene rings is 1. The van der Waals surface area contributed by atoms with Crippen molar-refractivity contribution in [2.45, 2.75) is 32.2 Å². The molecule has 0 saturated carbocycles. The topological polar surface area (TPSA) is 63.3 Å². The van der Waals surface area contributed by atoms with Crippen molar-refractivity contribution >= 4 is 5.97 Å². The third-order valence-electron chi connectivity index (χ3n) is 3.25. The Balaban J connectivity index is 2.43. The van der Waals surface area contributed by atoms with Crippen LogP contribution in [0.25, 0.3) is 0 Å². The molecule has 0 radical (unpaired) electrons. The summed E-state index contributed by atoms with van der Waals surface area (Å²) in [4.78, 5) is 11.0. The number of aliphatic carboxylic acids is 1. The maximum Gasteiger partial charge on any atom is 0.324 e. The van der Waals surface area contributed by atoms with Crippen molar-refractivity contribution in [2.75, 3.05) is 0 Å². The molecule has 0 bridgehead atoms. The van der Waals surface area contributed by atoms with Crippen LogP contribution in [0.2, 0.25) is 0 Å². The van der Waals surface area contributed by atoms with Gasteiger partial charge in [-0.15, -0.1) is 0 Å². The first-order chi connectivity index (χ1) is 6.92. The van der Waals surface area contributed by atoms with E-state index in [0.29, 0.717) is 12.8 Å². The lowest BCUT2D eigenvalue weighted by atomic mass is 9.98. The lowest BCUT2D eigenvalue weighted by molar-refractivity contribution is -0.142. The number of hydrogen-bond donors (Lipinski definition) is 2. The number of aryl methyl sites for hydroxylation is 2. The Kier molecular flexibility index (Phi) is 2.08. The molecule has 1 aromatic carbocycles. The van der Waals surface area contributed by atoms with Gasteiger partial charge < -0.3 is 10.8 Å². The van der Waals surface area contributed by atoms with Crippen LogP contribution in [0.4, 0.5) is 0 Å². The average Bonchev–Trinajstić information content (AvgIpc) is 2.43. The zero-order valence-corrected chi connectivity index (χ0v) is 9.00. The van der Waals surface area contributed by atoms with Crippen molar-refractivity contribution in [3.8, 4) is 0 Å². The second kappa shape index (κ2) is 3.07. The maximum atomic E-state index is 11.0.